The number of nitrogens with zero attached hydrogens (tertiary/aromatic N) is 2. The van der Waals surface area contributed by atoms with Crippen LogP contribution in [0.3, 0.4) is 0 Å². The monoisotopic (exact) mass is 358 g/mol. The zero-order valence-corrected chi connectivity index (χ0v) is 15.1. The van der Waals surface area contributed by atoms with Gasteiger partial charge in [-0.3, -0.25) is 14.4 Å². The zero-order chi connectivity index (χ0) is 18.7. The second-order valence-electron chi connectivity index (χ2n) is 7.38. The Balaban J connectivity index is 1.58. The number of amides is 2. The summed E-state index contributed by atoms with van der Waals surface area (Å²) in [6, 6.07) is 9.27. The van der Waals surface area contributed by atoms with Crippen LogP contribution >= 0.6 is 0 Å². The molecule has 2 unspecified atom stereocenters. The zero-order valence-electron chi connectivity index (χ0n) is 15.1. The molecule has 26 heavy (non-hydrogen) atoms. The van der Waals surface area contributed by atoms with E-state index in [0.717, 1.165) is 6.42 Å². The number of aliphatic carboxylic acids is 1. The van der Waals surface area contributed by atoms with Crippen molar-refractivity contribution in [2.75, 3.05) is 19.6 Å². The topological polar surface area (TPSA) is 77.9 Å². The standard InChI is InChI=1S/C20H26N2O4/c1-14-7-8-17(20(25)26)13-22(14)19(24)16-9-11-21(12-10-16)18(23)15-5-3-2-4-6-15/h2-6,14,16-17H,7-13H2,1H3,(H,25,26). The Morgan fingerprint density at radius 2 is 1.62 bits per heavy atom. The van der Waals surface area contributed by atoms with E-state index in [2.05, 4.69) is 0 Å². The molecule has 2 fully saturated rings. The maximum Gasteiger partial charge on any atom is 0.308 e. The van der Waals surface area contributed by atoms with E-state index in [0.29, 0.717) is 44.5 Å². The number of carboxylic acids is 1. The fourth-order valence-corrected chi connectivity index (χ4v) is 3.94. The molecule has 1 aromatic rings. The molecule has 140 valence electrons. The van der Waals surface area contributed by atoms with Gasteiger partial charge in [0.2, 0.25) is 5.91 Å². The predicted octanol–water partition coefficient (Wildman–Crippen LogP) is 2.25. The first kappa shape index (κ1) is 18.4. The van der Waals surface area contributed by atoms with Crippen molar-refractivity contribution < 1.29 is 19.5 Å². The molecule has 2 atom stereocenters. The van der Waals surface area contributed by atoms with Crippen molar-refractivity contribution in [3.8, 4) is 0 Å². The Bertz CT molecular complexity index is 668. The van der Waals surface area contributed by atoms with Gasteiger partial charge in [0.05, 0.1) is 5.92 Å². The Morgan fingerprint density at radius 3 is 2.23 bits per heavy atom. The molecule has 2 aliphatic rings. The van der Waals surface area contributed by atoms with E-state index >= 15 is 0 Å². The molecular formula is C20H26N2O4. The minimum absolute atomic E-state index is 0.00813. The second-order valence-corrected chi connectivity index (χ2v) is 7.38. The minimum Gasteiger partial charge on any atom is -0.481 e. The number of piperidine rings is 2. The lowest BCUT2D eigenvalue weighted by molar-refractivity contribution is -0.149. The molecule has 0 saturated carbocycles. The molecule has 2 amide bonds. The van der Waals surface area contributed by atoms with Crippen LogP contribution in [-0.4, -0.2) is 58.4 Å². The second kappa shape index (κ2) is 7.89. The maximum atomic E-state index is 12.9. The smallest absolute Gasteiger partial charge is 0.308 e. The first-order chi connectivity index (χ1) is 12.5. The van der Waals surface area contributed by atoms with E-state index in [1.165, 1.54) is 0 Å². The summed E-state index contributed by atoms with van der Waals surface area (Å²) in [7, 11) is 0. The van der Waals surface area contributed by atoms with Crippen LogP contribution in [0.5, 0.6) is 0 Å². The Morgan fingerprint density at radius 1 is 0.962 bits per heavy atom. The SMILES string of the molecule is CC1CCC(C(=O)O)CN1C(=O)C1CCN(C(=O)c2ccccc2)CC1. The van der Waals surface area contributed by atoms with Gasteiger partial charge in [0, 0.05) is 37.2 Å². The van der Waals surface area contributed by atoms with Crippen molar-refractivity contribution in [3.63, 3.8) is 0 Å². The van der Waals surface area contributed by atoms with Gasteiger partial charge in [0.15, 0.2) is 0 Å². The minimum atomic E-state index is -0.821. The average Bonchev–Trinajstić information content (AvgIpc) is 2.68. The number of carbonyl (C=O) groups excluding carboxylic acids is 2. The van der Waals surface area contributed by atoms with Gasteiger partial charge in [0.1, 0.15) is 0 Å². The number of likely N-dealkylation sites (tertiary alicyclic amines) is 2. The highest BCUT2D eigenvalue weighted by molar-refractivity contribution is 5.94. The van der Waals surface area contributed by atoms with Crippen LogP contribution in [0.15, 0.2) is 30.3 Å². The molecule has 6 nitrogen and oxygen atoms in total. The molecule has 3 rings (SSSR count). The van der Waals surface area contributed by atoms with Crippen molar-refractivity contribution in [3.05, 3.63) is 35.9 Å². The predicted molar refractivity (Wildman–Crippen MR) is 96.6 cm³/mol. The quantitative estimate of drug-likeness (QED) is 0.899. The molecule has 6 heteroatoms. The summed E-state index contributed by atoms with van der Waals surface area (Å²) >= 11 is 0. The molecule has 1 N–H and O–H groups in total. The number of benzene rings is 1. The van der Waals surface area contributed by atoms with Crippen molar-refractivity contribution in [2.24, 2.45) is 11.8 Å². The summed E-state index contributed by atoms with van der Waals surface area (Å²) in [6.45, 7) is 3.42. The molecule has 1 aromatic carbocycles. The molecule has 2 aliphatic heterocycles. The molecule has 2 saturated heterocycles. The first-order valence-corrected chi connectivity index (χ1v) is 9.35. The number of hydrogen-bond acceptors (Lipinski definition) is 3. The normalized spacial score (nSPS) is 24.3. The van der Waals surface area contributed by atoms with E-state index in [9.17, 15) is 19.5 Å². The lowest BCUT2D eigenvalue weighted by Gasteiger charge is -2.40. The van der Waals surface area contributed by atoms with E-state index < -0.39 is 11.9 Å². The Kier molecular flexibility index (Phi) is 5.59. The average molecular weight is 358 g/mol. The van der Waals surface area contributed by atoms with Gasteiger partial charge < -0.3 is 14.9 Å². The van der Waals surface area contributed by atoms with Gasteiger partial charge in [-0.2, -0.15) is 0 Å². The van der Waals surface area contributed by atoms with Gasteiger partial charge in [-0.1, -0.05) is 18.2 Å². The van der Waals surface area contributed by atoms with E-state index in [-0.39, 0.29) is 23.8 Å². The lowest BCUT2D eigenvalue weighted by atomic mass is 9.89. The molecule has 2 heterocycles. The largest absolute Gasteiger partial charge is 0.481 e. The summed E-state index contributed by atoms with van der Waals surface area (Å²) in [6.07, 6.45) is 2.63. The Labute approximate surface area is 153 Å². The van der Waals surface area contributed by atoms with Gasteiger partial charge in [-0.15, -0.1) is 0 Å². The molecule has 0 aromatic heterocycles. The molecular weight excluding hydrogens is 332 g/mol. The van der Waals surface area contributed by atoms with Crippen molar-refractivity contribution >= 4 is 17.8 Å². The third-order valence-electron chi connectivity index (χ3n) is 5.67. The van der Waals surface area contributed by atoms with Crippen LogP contribution < -0.4 is 0 Å². The fourth-order valence-electron chi connectivity index (χ4n) is 3.94. The van der Waals surface area contributed by atoms with Crippen LogP contribution in [0, 0.1) is 11.8 Å². The number of rotatable bonds is 3. The fraction of sp³-hybridized carbons (Fsp3) is 0.550. The van der Waals surface area contributed by atoms with Crippen molar-refractivity contribution in [1.82, 2.24) is 9.80 Å². The first-order valence-electron chi connectivity index (χ1n) is 9.35. The van der Waals surface area contributed by atoms with E-state index in [1.54, 1.807) is 21.9 Å². The molecule has 0 bridgehead atoms. The Hall–Kier alpha value is -2.37. The number of hydrogen-bond donors (Lipinski definition) is 1. The molecule has 0 radical (unpaired) electrons. The third-order valence-corrected chi connectivity index (χ3v) is 5.67. The maximum absolute atomic E-state index is 12.9. The van der Waals surface area contributed by atoms with Gasteiger partial charge in [-0.05, 0) is 44.7 Å². The van der Waals surface area contributed by atoms with Crippen LogP contribution in [-0.2, 0) is 9.59 Å². The highest BCUT2D eigenvalue weighted by atomic mass is 16.4. The molecule has 0 aliphatic carbocycles. The van der Waals surface area contributed by atoms with Gasteiger partial charge in [-0.25, -0.2) is 0 Å². The highest BCUT2D eigenvalue weighted by Crippen LogP contribution is 2.27. The van der Waals surface area contributed by atoms with Gasteiger partial charge >= 0.3 is 5.97 Å². The lowest BCUT2D eigenvalue weighted by Crippen LogP contribution is -2.51. The van der Waals surface area contributed by atoms with Crippen molar-refractivity contribution in [1.29, 1.82) is 0 Å². The summed E-state index contributed by atoms with van der Waals surface area (Å²) in [5, 5.41) is 9.26. The van der Waals surface area contributed by atoms with Crippen LogP contribution in [0.1, 0.15) is 43.0 Å². The summed E-state index contributed by atoms with van der Waals surface area (Å²) in [5.41, 5.74) is 0.672. The van der Waals surface area contributed by atoms with Crippen LogP contribution in [0.2, 0.25) is 0 Å². The van der Waals surface area contributed by atoms with E-state index in [1.807, 2.05) is 25.1 Å². The van der Waals surface area contributed by atoms with Gasteiger partial charge in [0.25, 0.3) is 5.91 Å². The summed E-state index contributed by atoms with van der Waals surface area (Å²) < 4.78 is 0. The summed E-state index contributed by atoms with van der Waals surface area (Å²) in [5.74, 6) is -1.35. The number of carbonyl (C=O) groups is 3. The van der Waals surface area contributed by atoms with E-state index in [4.69, 9.17) is 0 Å². The highest BCUT2D eigenvalue weighted by Gasteiger charge is 2.37. The summed E-state index contributed by atoms with van der Waals surface area (Å²) in [4.78, 5) is 40.3. The molecule has 0 spiro atoms. The third kappa shape index (κ3) is 3.89. The number of carboxylic acid groups (broad SMARTS) is 1. The van der Waals surface area contributed by atoms with Crippen LogP contribution in [0.25, 0.3) is 0 Å². The van der Waals surface area contributed by atoms with Crippen LogP contribution in [0.4, 0.5) is 0 Å². The van der Waals surface area contributed by atoms with Crippen molar-refractivity contribution in [2.45, 2.75) is 38.6 Å².